The highest BCUT2D eigenvalue weighted by Crippen LogP contribution is 2.18. The third kappa shape index (κ3) is 3.42. The molecule has 148 valence electrons. The molecule has 1 amide bonds. The standard InChI is InChI=1S/C23H18ClN5O/c24-18-9-7-17(8-10-18)23(30)27(15-19-13-25-21-5-1-3-11-28(19)21)16-20-14-26-22-6-2-4-12-29(20)22/h1-14H,15-16H2. The topological polar surface area (TPSA) is 54.9 Å². The molecular weight excluding hydrogens is 398 g/mol. The first-order chi connectivity index (χ1) is 14.7. The first-order valence-corrected chi connectivity index (χ1v) is 9.93. The fraction of sp³-hybridized carbons (Fsp3) is 0.0870. The van der Waals surface area contributed by atoms with Crippen LogP contribution in [0.5, 0.6) is 0 Å². The van der Waals surface area contributed by atoms with Crippen molar-refractivity contribution in [2.75, 3.05) is 0 Å². The average molecular weight is 416 g/mol. The molecule has 0 saturated heterocycles. The molecule has 0 spiro atoms. The van der Waals surface area contributed by atoms with Gasteiger partial charge in [0, 0.05) is 23.0 Å². The molecule has 0 aliphatic carbocycles. The average Bonchev–Trinajstić information content (AvgIpc) is 3.38. The number of hydrogen-bond acceptors (Lipinski definition) is 3. The largest absolute Gasteiger partial charge is 0.327 e. The number of rotatable bonds is 5. The molecule has 0 unspecified atom stereocenters. The molecule has 4 aromatic heterocycles. The Hall–Kier alpha value is -3.64. The highest BCUT2D eigenvalue weighted by atomic mass is 35.5. The Bertz CT molecular complexity index is 1260. The lowest BCUT2D eigenvalue weighted by molar-refractivity contribution is 0.0725. The molecular formula is C23H18ClN5O. The van der Waals surface area contributed by atoms with E-state index in [1.807, 2.05) is 70.0 Å². The molecule has 5 aromatic rings. The number of hydrogen-bond donors (Lipinski definition) is 0. The van der Waals surface area contributed by atoms with Gasteiger partial charge in [-0.3, -0.25) is 4.79 Å². The van der Waals surface area contributed by atoms with Gasteiger partial charge in [-0.15, -0.1) is 0 Å². The van der Waals surface area contributed by atoms with Crippen LogP contribution in [0.25, 0.3) is 11.3 Å². The van der Waals surface area contributed by atoms with E-state index in [0.717, 1.165) is 22.7 Å². The Kier molecular flexibility index (Phi) is 4.69. The number of aromatic nitrogens is 4. The molecule has 0 bridgehead atoms. The van der Waals surface area contributed by atoms with Gasteiger partial charge in [0.15, 0.2) is 0 Å². The van der Waals surface area contributed by atoms with Crippen LogP contribution in [-0.4, -0.2) is 29.6 Å². The van der Waals surface area contributed by atoms with E-state index in [1.165, 1.54) is 0 Å². The van der Waals surface area contributed by atoms with Crippen LogP contribution in [0.3, 0.4) is 0 Å². The summed E-state index contributed by atoms with van der Waals surface area (Å²) in [6.07, 6.45) is 7.53. The summed E-state index contributed by atoms with van der Waals surface area (Å²) in [5.41, 5.74) is 4.15. The second kappa shape index (κ2) is 7.65. The van der Waals surface area contributed by atoms with Gasteiger partial charge in [0.25, 0.3) is 5.91 Å². The number of fused-ring (bicyclic) bond motifs is 2. The number of benzene rings is 1. The van der Waals surface area contributed by atoms with E-state index in [2.05, 4.69) is 9.97 Å². The first-order valence-electron chi connectivity index (χ1n) is 9.56. The molecule has 0 fully saturated rings. The van der Waals surface area contributed by atoms with Crippen LogP contribution in [0.4, 0.5) is 0 Å². The number of carbonyl (C=O) groups excluding carboxylic acids is 1. The summed E-state index contributed by atoms with van der Waals surface area (Å²) in [5, 5.41) is 0.599. The predicted molar refractivity (Wildman–Crippen MR) is 115 cm³/mol. The van der Waals surface area contributed by atoms with E-state index in [-0.39, 0.29) is 5.91 Å². The zero-order valence-electron chi connectivity index (χ0n) is 16.0. The van der Waals surface area contributed by atoms with Gasteiger partial charge in [-0.2, -0.15) is 0 Å². The van der Waals surface area contributed by atoms with Crippen LogP contribution in [0.15, 0.2) is 85.5 Å². The van der Waals surface area contributed by atoms with E-state index >= 15 is 0 Å². The number of nitrogens with zero attached hydrogens (tertiary/aromatic N) is 5. The van der Waals surface area contributed by atoms with Crippen LogP contribution < -0.4 is 0 Å². The van der Waals surface area contributed by atoms with Gasteiger partial charge in [-0.05, 0) is 48.5 Å². The molecule has 0 N–H and O–H groups in total. The Morgan fingerprint density at radius 3 is 1.87 bits per heavy atom. The second-order valence-electron chi connectivity index (χ2n) is 7.02. The molecule has 6 nitrogen and oxygen atoms in total. The fourth-order valence-electron chi connectivity index (χ4n) is 3.57. The van der Waals surface area contributed by atoms with E-state index in [0.29, 0.717) is 23.7 Å². The van der Waals surface area contributed by atoms with Crippen LogP contribution >= 0.6 is 11.6 Å². The first kappa shape index (κ1) is 18.4. The summed E-state index contributed by atoms with van der Waals surface area (Å²) in [4.78, 5) is 24.1. The zero-order chi connectivity index (χ0) is 20.5. The maximum atomic E-state index is 13.4. The number of pyridine rings is 2. The number of amides is 1. The summed E-state index contributed by atoms with van der Waals surface area (Å²) in [6, 6.07) is 18.6. The highest BCUT2D eigenvalue weighted by Gasteiger charge is 2.20. The van der Waals surface area contributed by atoms with Gasteiger partial charge < -0.3 is 13.7 Å². The summed E-state index contributed by atoms with van der Waals surface area (Å²) in [5.74, 6) is -0.0802. The zero-order valence-corrected chi connectivity index (χ0v) is 16.8. The summed E-state index contributed by atoms with van der Waals surface area (Å²) < 4.78 is 3.99. The molecule has 0 radical (unpaired) electrons. The maximum Gasteiger partial charge on any atom is 0.254 e. The molecule has 4 heterocycles. The SMILES string of the molecule is O=C(c1ccc(Cl)cc1)N(Cc1cnc2ccccn12)Cc1cnc2ccccn12. The van der Waals surface area contributed by atoms with Gasteiger partial charge in [0.1, 0.15) is 11.3 Å². The minimum atomic E-state index is -0.0802. The molecule has 0 aliphatic rings. The summed E-state index contributed by atoms with van der Waals surface area (Å²) in [6.45, 7) is 0.819. The van der Waals surface area contributed by atoms with Crippen molar-refractivity contribution in [3.63, 3.8) is 0 Å². The van der Waals surface area contributed by atoms with Crippen molar-refractivity contribution in [1.29, 1.82) is 0 Å². The molecule has 0 saturated carbocycles. The fourth-order valence-corrected chi connectivity index (χ4v) is 3.70. The van der Waals surface area contributed by atoms with Crippen molar-refractivity contribution in [1.82, 2.24) is 23.7 Å². The van der Waals surface area contributed by atoms with Crippen molar-refractivity contribution in [3.8, 4) is 0 Å². The lowest BCUT2D eigenvalue weighted by Crippen LogP contribution is -2.31. The number of imidazole rings is 2. The van der Waals surface area contributed by atoms with Crippen molar-refractivity contribution < 1.29 is 4.79 Å². The summed E-state index contributed by atoms with van der Waals surface area (Å²) in [7, 11) is 0. The molecule has 7 heteroatoms. The van der Waals surface area contributed by atoms with Gasteiger partial charge >= 0.3 is 0 Å². The van der Waals surface area contributed by atoms with Gasteiger partial charge in [-0.25, -0.2) is 9.97 Å². The lowest BCUT2D eigenvalue weighted by Gasteiger charge is -2.22. The predicted octanol–water partition coefficient (Wildman–Crippen LogP) is 4.48. The molecule has 0 aliphatic heterocycles. The van der Waals surface area contributed by atoms with Crippen LogP contribution in [0, 0.1) is 0 Å². The minimum absolute atomic E-state index is 0.0802. The van der Waals surface area contributed by atoms with Crippen LogP contribution in [0.1, 0.15) is 21.7 Å². The molecule has 1 aromatic carbocycles. The Morgan fingerprint density at radius 1 is 0.800 bits per heavy atom. The van der Waals surface area contributed by atoms with E-state index in [9.17, 15) is 4.79 Å². The summed E-state index contributed by atoms with van der Waals surface area (Å²) >= 11 is 6.01. The van der Waals surface area contributed by atoms with E-state index < -0.39 is 0 Å². The third-order valence-corrected chi connectivity index (χ3v) is 5.32. The Labute approximate surface area is 178 Å². The van der Waals surface area contributed by atoms with Crippen molar-refractivity contribution in [2.24, 2.45) is 0 Å². The van der Waals surface area contributed by atoms with Crippen molar-refractivity contribution >= 4 is 28.8 Å². The minimum Gasteiger partial charge on any atom is -0.327 e. The highest BCUT2D eigenvalue weighted by molar-refractivity contribution is 6.30. The normalized spacial score (nSPS) is 11.2. The Balaban J connectivity index is 1.52. The third-order valence-electron chi connectivity index (χ3n) is 5.07. The second-order valence-corrected chi connectivity index (χ2v) is 7.46. The van der Waals surface area contributed by atoms with Crippen LogP contribution in [-0.2, 0) is 13.1 Å². The monoisotopic (exact) mass is 415 g/mol. The Morgan fingerprint density at radius 2 is 1.33 bits per heavy atom. The molecule has 30 heavy (non-hydrogen) atoms. The van der Waals surface area contributed by atoms with Crippen molar-refractivity contribution in [2.45, 2.75) is 13.1 Å². The number of halogens is 1. The van der Waals surface area contributed by atoms with Crippen molar-refractivity contribution in [3.05, 3.63) is 107 Å². The molecule has 5 rings (SSSR count). The van der Waals surface area contributed by atoms with Crippen LogP contribution in [0.2, 0.25) is 5.02 Å². The van der Waals surface area contributed by atoms with Gasteiger partial charge in [0.2, 0.25) is 0 Å². The maximum absolute atomic E-state index is 13.4. The number of carbonyl (C=O) groups is 1. The lowest BCUT2D eigenvalue weighted by atomic mass is 10.2. The molecule has 0 atom stereocenters. The smallest absolute Gasteiger partial charge is 0.254 e. The quantitative estimate of drug-likeness (QED) is 0.425. The van der Waals surface area contributed by atoms with Gasteiger partial charge in [0.05, 0.1) is 36.9 Å². The van der Waals surface area contributed by atoms with Gasteiger partial charge in [-0.1, -0.05) is 23.7 Å². The van der Waals surface area contributed by atoms with E-state index in [4.69, 9.17) is 11.6 Å². The van der Waals surface area contributed by atoms with E-state index in [1.54, 1.807) is 29.2 Å².